The van der Waals surface area contributed by atoms with Gasteiger partial charge in [-0.2, -0.15) is 5.10 Å². The normalized spacial score (nSPS) is 20.7. The van der Waals surface area contributed by atoms with Gasteiger partial charge in [0.05, 0.1) is 12.2 Å². The fraction of sp³-hybridized carbons (Fsp3) is 0.409. The third-order valence-corrected chi connectivity index (χ3v) is 6.12. The van der Waals surface area contributed by atoms with Gasteiger partial charge in [-0.3, -0.25) is 0 Å². The Morgan fingerprint density at radius 3 is 2.91 bits per heavy atom. The van der Waals surface area contributed by atoms with E-state index >= 15 is 0 Å². The van der Waals surface area contributed by atoms with Gasteiger partial charge < -0.3 is 20.4 Å². The van der Waals surface area contributed by atoms with Crippen LogP contribution in [-0.2, 0) is 0 Å². The number of halogens is 3. The van der Waals surface area contributed by atoms with E-state index in [1.807, 2.05) is 11.8 Å². The van der Waals surface area contributed by atoms with Gasteiger partial charge in [0.25, 0.3) is 0 Å². The molecule has 4 heterocycles. The second kappa shape index (κ2) is 9.48. The van der Waals surface area contributed by atoms with E-state index in [1.54, 1.807) is 27.9 Å². The van der Waals surface area contributed by atoms with Crippen LogP contribution in [0.4, 0.5) is 25.1 Å². The number of nitrogens with one attached hydrogen (secondary N) is 2. The number of nitrogens with zero attached hydrogens (tertiary/aromatic N) is 5. The van der Waals surface area contributed by atoms with Gasteiger partial charge in [0, 0.05) is 44.0 Å². The molecule has 0 aliphatic carbocycles. The first-order valence-electron chi connectivity index (χ1n) is 10.8. The lowest BCUT2D eigenvalue weighted by atomic mass is 10.0. The summed E-state index contributed by atoms with van der Waals surface area (Å²) >= 11 is 0. The second-order valence-corrected chi connectivity index (χ2v) is 8.36. The molecule has 2 aliphatic heterocycles. The zero-order chi connectivity index (χ0) is 22.2. The van der Waals surface area contributed by atoms with Gasteiger partial charge in [-0.1, -0.05) is 0 Å². The first-order chi connectivity index (χ1) is 15.5. The largest absolute Gasteiger partial charge is 0.349 e. The summed E-state index contributed by atoms with van der Waals surface area (Å²) in [5.41, 5.74) is 1.35. The molecule has 0 radical (unpaired) electrons. The van der Waals surface area contributed by atoms with E-state index in [0.717, 1.165) is 19.0 Å². The van der Waals surface area contributed by atoms with E-state index in [4.69, 9.17) is 4.98 Å². The van der Waals surface area contributed by atoms with Crippen molar-refractivity contribution in [3.05, 3.63) is 53.9 Å². The van der Waals surface area contributed by atoms with E-state index in [2.05, 4.69) is 15.7 Å². The first kappa shape index (κ1) is 23.2. The van der Waals surface area contributed by atoms with Crippen LogP contribution in [0.1, 0.15) is 31.4 Å². The van der Waals surface area contributed by atoms with Crippen molar-refractivity contribution in [2.75, 3.05) is 36.4 Å². The smallest absolute Gasteiger partial charge is 0.322 e. The number of aromatic nitrogens is 3. The molecule has 8 nitrogen and oxygen atoms in total. The Bertz CT molecular complexity index is 1160. The molecular formula is C22H26ClF2N7O. The molecule has 2 aromatic heterocycles. The van der Waals surface area contributed by atoms with Crippen LogP contribution in [0.2, 0.25) is 0 Å². The number of benzene rings is 1. The maximum atomic E-state index is 14.4. The Kier molecular flexibility index (Phi) is 6.66. The van der Waals surface area contributed by atoms with E-state index in [-0.39, 0.29) is 30.5 Å². The number of carbonyl (C=O) groups excluding carboxylic acids is 1. The lowest BCUT2D eigenvalue weighted by Gasteiger charge is -2.31. The zero-order valence-electron chi connectivity index (χ0n) is 18.2. The summed E-state index contributed by atoms with van der Waals surface area (Å²) in [6.07, 6.45) is 4.88. The number of piperazine rings is 1. The lowest BCUT2D eigenvalue weighted by molar-refractivity contribution is 0.192. The Labute approximate surface area is 196 Å². The van der Waals surface area contributed by atoms with Crippen LogP contribution in [0, 0.1) is 11.6 Å². The molecule has 176 valence electrons. The molecule has 2 amide bonds. The van der Waals surface area contributed by atoms with Crippen LogP contribution in [0.5, 0.6) is 0 Å². The Hall–Kier alpha value is -2.98. The molecule has 2 N–H and O–H groups in total. The number of rotatable bonds is 3. The SMILES string of the molecule is CC1CN(C(=O)Nc2cnn3ccc(N4CCCC4c4cc(F)ccc4F)nc23)CCN1.Cl. The molecule has 11 heteroatoms. The van der Waals surface area contributed by atoms with E-state index in [1.165, 1.54) is 12.1 Å². The standard InChI is InChI=1S/C22H25F2N7O.ClH/c1-14-13-29(10-7-25-14)22(32)27-18-12-26-31-9-6-20(28-21(18)31)30-8-2-3-19(30)16-11-15(23)4-5-17(16)24;/h4-6,9,11-12,14,19,25H,2-3,7-8,10,13H2,1H3,(H,27,32);1H. The van der Waals surface area contributed by atoms with Crippen LogP contribution in [0.15, 0.2) is 36.7 Å². The van der Waals surface area contributed by atoms with Gasteiger partial charge in [0.1, 0.15) is 23.1 Å². The van der Waals surface area contributed by atoms with E-state index in [0.29, 0.717) is 48.8 Å². The molecule has 0 bridgehead atoms. The average Bonchev–Trinajstić information content (AvgIpc) is 3.42. The third-order valence-electron chi connectivity index (χ3n) is 6.12. The van der Waals surface area contributed by atoms with Crippen LogP contribution in [0.3, 0.4) is 0 Å². The van der Waals surface area contributed by atoms with Gasteiger partial charge in [-0.25, -0.2) is 23.1 Å². The molecule has 2 aliphatic rings. The number of carbonyl (C=O) groups is 1. The van der Waals surface area contributed by atoms with Gasteiger partial charge in [-0.15, -0.1) is 12.4 Å². The fourth-order valence-electron chi connectivity index (χ4n) is 4.55. The Morgan fingerprint density at radius 2 is 2.09 bits per heavy atom. The van der Waals surface area contributed by atoms with Crippen molar-refractivity contribution in [2.45, 2.75) is 31.8 Å². The average molecular weight is 478 g/mol. The number of anilines is 2. The monoisotopic (exact) mass is 477 g/mol. The molecule has 0 spiro atoms. The summed E-state index contributed by atoms with van der Waals surface area (Å²) in [4.78, 5) is 21.2. The van der Waals surface area contributed by atoms with Crippen molar-refractivity contribution in [1.29, 1.82) is 0 Å². The van der Waals surface area contributed by atoms with Gasteiger partial charge in [0.2, 0.25) is 0 Å². The topological polar surface area (TPSA) is 77.8 Å². The molecule has 1 aromatic carbocycles. The highest BCUT2D eigenvalue weighted by atomic mass is 35.5. The molecule has 2 atom stereocenters. The predicted octanol–water partition coefficient (Wildman–Crippen LogP) is 3.60. The van der Waals surface area contributed by atoms with Crippen LogP contribution >= 0.6 is 12.4 Å². The molecule has 5 rings (SSSR count). The summed E-state index contributed by atoms with van der Waals surface area (Å²) < 4.78 is 29.8. The summed E-state index contributed by atoms with van der Waals surface area (Å²) in [5, 5.41) is 10.5. The number of amides is 2. The molecule has 2 saturated heterocycles. The molecule has 0 saturated carbocycles. The van der Waals surface area contributed by atoms with Gasteiger partial charge in [-0.05, 0) is 44.0 Å². The minimum Gasteiger partial charge on any atom is -0.349 e. The van der Waals surface area contributed by atoms with Gasteiger partial charge in [0.15, 0.2) is 5.65 Å². The quantitative estimate of drug-likeness (QED) is 0.602. The molecule has 2 fully saturated rings. The molecule has 33 heavy (non-hydrogen) atoms. The maximum Gasteiger partial charge on any atom is 0.322 e. The van der Waals surface area contributed by atoms with E-state index < -0.39 is 11.6 Å². The number of fused-ring (bicyclic) bond motifs is 1. The fourth-order valence-corrected chi connectivity index (χ4v) is 4.55. The van der Waals surface area contributed by atoms with Crippen molar-refractivity contribution in [1.82, 2.24) is 24.8 Å². The van der Waals surface area contributed by atoms with Crippen molar-refractivity contribution >= 4 is 35.6 Å². The Balaban J connectivity index is 0.00000259. The Morgan fingerprint density at radius 1 is 1.24 bits per heavy atom. The summed E-state index contributed by atoms with van der Waals surface area (Å²) in [5.74, 6) is -0.248. The van der Waals surface area contributed by atoms with Crippen LogP contribution < -0.4 is 15.5 Å². The molecule has 3 aromatic rings. The van der Waals surface area contributed by atoms with Crippen molar-refractivity contribution in [2.24, 2.45) is 0 Å². The number of hydrogen-bond acceptors (Lipinski definition) is 5. The minimum atomic E-state index is -0.459. The summed E-state index contributed by atoms with van der Waals surface area (Å²) in [7, 11) is 0. The minimum absolute atomic E-state index is 0. The van der Waals surface area contributed by atoms with Crippen LogP contribution in [0.25, 0.3) is 5.65 Å². The molecular weight excluding hydrogens is 452 g/mol. The number of hydrogen-bond donors (Lipinski definition) is 2. The highest BCUT2D eigenvalue weighted by Crippen LogP contribution is 2.37. The van der Waals surface area contributed by atoms with Crippen molar-refractivity contribution in [3.63, 3.8) is 0 Å². The summed E-state index contributed by atoms with van der Waals surface area (Å²) in [6.45, 7) is 4.72. The second-order valence-electron chi connectivity index (χ2n) is 8.36. The van der Waals surface area contributed by atoms with Crippen molar-refractivity contribution in [3.8, 4) is 0 Å². The van der Waals surface area contributed by atoms with Crippen LogP contribution in [-0.4, -0.2) is 57.7 Å². The highest BCUT2D eigenvalue weighted by Gasteiger charge is 2.30. The highest BCUT2D eigenvalue weighted by molar-refractivity contribution is 5.93. The first-order valence-corrected chi connectivity index (χ1v) is 10.8. The van der Waals surface area contributed by atoms with Gasteiger partial charge >= 0.3 is 6.03 Å². The van der Waals surface area contributed by atoms with Crippen molar-refractivity contribution < 1.29 is 13.6 Å². The summed E-state index contributed by atoms with van der Waals surface area (Å²) in [6, 6.07) is 5.10. The number of urea groups is 1. The predicted molar refractivity (Wildman–Crippen MR) is 124 cm³/mol. The molecule has 2 unspecified atom stereocenters. The zero-order valence-corrected chi connectivity index (χ0v) is 19.0. The van der Waals surface area contributed by atoms with E-state index in [9.17, 15) is 13.6 Å². The third kappa shape index (κ3) is 4.58. The maximum absolute atomic E-state index is 14.4. The lowest BCUT2D eigenvalue weighted by Crippen LogP contribution is -2.52.